The highest BCUT2D eigenvalue weighted by molar-refractivity contribution is 9.10. The van der Waals surface area contributed by atoms with Crippen molar-refractivity contribution in [3.05, 3.63) is 57.1 Å². The first-order chi connectivity index (χ1) is 17.2. The van der Waals surface area contributed by atoms with E-state index in [2.05, 4.69) is 32.5 Å². The zero-order chi connectivity index (χ0) is 27.3. The van der Waals surface area contributed by atoms with Crippen LogP contribution in [0, 0.1) is 12.7 Å². The number of rotatable bonds is 7. The van der Waals surface area contributed by atoms with Gasteiger partial charge in [-0.15, -0.1) is 6.58 Å². The van der Waals surface area contributed by atoms with E-state index in [4.69, 9.17) is 4.74 Å². The Labute approximate surface area is 223 Å². The number of halogens is 2. The molecule has 0 spiro atoms. The topological polar surface area (TPSA) is 110 Å². The van der Waals surface area contributed by atoms with E-state index in [1.165, 1.54) is 28.5 Å². The van der Waals surface area contributed by atoms with E-state index in [1.54, 1.807) is 32.9 Å². The van der Waals surface area contributed by atoms with E-state index < -0.39 is 37.8 Å². The van der Waals surface area contributed by atoms with Crippen molar-refractivity contribution in [1.82, 2.24) is 4.57 Å². The molecule has 0 radical (unpaired) electrons. The fourth-order valence-corrected chi connectivity index (χ4v) is 6.32. The summed E-state index contributed by atoms with van der Waals surface area (Å²) in [5, 5.41) is 2.91. The number of hydrogen-bond acceptors (Lipinski definition) is 6. The number of anilines is 4. The Bertz CT molecular complexity index is 1440. The van der Waals surface area contributed by atoms with Gasteiger partial charge < -0.3 is 10.1 Å². The average Bonchev–Trinajstić information content (AvgIpc) is 3.44. The first-order valence-corrected chi connectivity index (χ1v) is 14.1. The van der Waals surface area contributed by atoms with Gasteiger partial charge in [-0.3, -0.25) is 19.0 Å². The van der Waals surface area contributed by atoms with E-state index in [9.17, 15) is 22.4 Å². The normalized spacial score (nSPS) is 16.2. The van der Waals surface area contributed by atoms with Crippen LogP contribution < -0.4 is 20.5 Å². The number of carbonyl (C=O) groups is 1. The molecule has 0 bridgehead atoms. The Balaban J connectivity index is 1.92. The van der Waals surface area contributed by atoms with Crippen molar-refractivity contribution >= 4 is 54.9 Å². The monoisotopic (exact) mass is 596 g/mol. The summed E-state index contributed by atoms with van der Waals surface area (Å²) in [5.74, 6) is -0.569. The maximum absolute atomic E-state index is 14.8. The van der Waals surface area contributed by atoms with Crippen molar-refractivity contribution in [2.45, 2.75) is 63.9 Å². The SMILES string of the molecule is C=CCC1(S(=O)(=O)Nc2c(Nc3ccc(Br)cc3F)c(C)c(=O)n3c2N(C(=O)OC(C)(C)C)CC3)CC1. The first-order valence-electron chi connectivity index (χ1n) is 11.8. The van der Waals surface area contributed by atoms with Crippen LogP contribution in [0.25, 0.3) is 0 Å². The van der Waals surface area contributed by atoms with E-state index >= 15 is 0 Å². The smallest absolute Gasteiger partial charge is 0.416 e. The summed E-state index contributed by atoms with van der Waals surface area (Å²) in [7, 11) is -3.99. The Morgan fingerprint density at radius 2 is 1.95 bits per heavy atom. The Kier molecular flexibility index (Phi) is 6.95. The predicted octanol–water partition coefficient (Wildman–Crippen LogP) is 5.41. The lowest BCUT2D eigenvalue weighted by Gasteiger charge is -2.28. The Morgan fingerprint density at radius 3 is 2.51 bits per heavy atom. The molecule has 1 aliphatic carbocycles. The second-order valence-electron chi connectivity index (χ2n) is 10.3. The van der Waals surface area contributed by atoms with Crippen LogP contribution in [-0.2, 0) is 21.3 Å². The quantitative estimate of drug-likeness (QED) is 0.414. The van der Waals surface area contributed by atoms with Gasteiger partial charge >= 0.3 is 6.09 Å². The molecule has 2 N–H and O–H groups in total. The fraction of sp³-hybridized carbons (Fsp3) is 0.440. The lowest BCUT2D eigenvalue weighted by molar-refractivity contribution is 0.0584. The van der Waals surface area contributed by atoms with Gasteiger partial charge in [0.15, 0.2) is 0 Å². The molecule has 2 aliphatic rings. The van der Waals surface area contributed by atoms with Gasteiger partial charge in [0.1, 0.15) is 22.9 Å². The fourth-order valence-electron chi connectivity index (χ4n) is 4.33. The minimum Gasteiger partial charge on any atom is -0.443 e. The zero-order valence-corrected chi connectivity index (χ0v) is 23.6. The zero-order valence-electron chi connectivity index (χ0n) is 21.2. The van der Waals surface area contributed by atoms with E-state index in [0.717, 1.165) is 0 Å². The summed E-state index contributed by atoms with van der Waals surface area (Å²) in [6.07, 6.45) is 1.97. The van der Waals surface area contributed by atoms with Gasteiger partial charge in [-0.1, -0.05) is 22.0 Å². The van der Waals surface area contributed by atoms with Gasteiger partial charge in [0.25, 0.3) is 5.56 Å². The highest BCUT2D eigenvalue weighted by Gasteiger charge is 2.54. The largest absolute Gasteiger partial charge is 0.443 e. The number of pyridine rings is 1. The number of hydrogen-bond donors (Lipinski definition) is 2. The molecule has 0 atom stereocenters. The van der Waals surface area contributed by atoms with Crippen molar-refractivity contribution < 1.29 is 22.3 Å². The van der Waals surface area contributed by atoms with Crippen LogP contribution in [0.4, 0.5) is 32.1 Å². The Hall–Kier alpha value is -2.86. The Morgan fingerprint density at radius 1 is 1.27 bits per heavy atom. The molecule has 37 heavy (non-hydrogen) atoms. The molecule has 1 fully saturated rings. The van der Waals surface area contributed by atoms with Crippen molar-refractivity contribution in [2.24, 2.45) is 0 Å². The third-order valence-electron chi connectivity index (χ3n) is 6.41. The predicted molar refractivity (Wildman–Crippen MR) is 146 cm³/mol. The van der Waals surface area contributed by atoms with Crippen molar-refractivity contribution in [3.63, 3.8) is 0 Å². The van der Waals surface area contributed by atoms with Crippen LogP contribution >= 0.6 is 15.9 Å². The first kappa shape index (κ1) is 27.2. The summed E-state index contributed by atoms with van der Waals surface area (Å²) in [5.41, 5.74) is -1.01. The number of nitrogens with zero attached hydrogens (tertiary/aromatic N) is 2. The molecule has 200 valence electrons. The van der Waals surface area contributed by atoms with Crippen molar-refractivity contribution in [3.8, 4) is 0 Å². The molecule has 1 aliphatic heterocycles. The third kappa shape index (κ3) is 5.13. The molecule has 2 heterocycles. The molecular formula is C25H30BrFN4O5S. The minimum atomic E-state index is -3.99. The van der Waals surface area contributed by atoms with E-state index in [0.29, 0.717) is 17.3 Å². The average molecular weight is 598 g/mol. The van der Waals surface area contributed by atoms with E-state index in [1.807, 2.05) is 0 Å². The second-order valence-corrected chi connectivity index (χ2v) is 13.3. The molecule has 0 unspecified atom stereocenters. The number of sulfonamides is 1. The van der Waals surface area contributed by atoms with Gasteiger partial charge in [0.2, 0.25) is 10.0 Å². The molecule has 2 aromatic rings. The standard InChI is InChI=1S/C25H30BrFN4O5S/c1-6-9-25(10-11-25)37(34,35)29-20-19(28-18-8-7-16(26)14-17(18)27)15(2)22(32)30-12-13-31(21(20)30)23(33)36-24(3,4)5/h6-8,14,28-29H,1,9-13H2,2-5H3. The maximum atomic E-state index is 14.8. The number of aromatic nitrogens is 1. The summed E-state index contributed by atoms with van der Waals surface area (Å²) in [6.45, 7) is 10.6. The highest BCUT2D eigenvalue weighted by atomic mass is 79.9. The number of nitrogens with one attached hydrogen (secondary N) is 2. The van der Waals surface area contributed by atoms with Crippen molar-refractivity contribution in [1.29, 1.82) is 0 Å². The van der Waals surface area contributed by atoms with Crippen LogP contribution in [-0.4, -0.2) is 36.0 Å². The summed E-state index contributed by atoms with van der Waals surface area (Å²) < 4.78 is 51.0. The van der Waals surface area contributed by atoms with Crippen molar-refractivity contribution in [2.75, 3.05) is 21.5 Å². The summed E-state index contributed by atoms with van der Waals surface area (Å²) in [4.78, 5) is 27.7. The van der Waals surface area contributed by atoms with Gasteiger partial charge in [-0.05, 0) is 65.2 Å². The third-order valence-corrected chi connectivity index (χ3v) is 9.09. The maximum Gasteiger partial charge on any atom is 0.416 e. The number of allylic oxidation sites excluding steroid dienone is 1. The molecule has 12 heteroatoms. The molecule has 1 aromatic carbocycles. The van der Waals surface area contributed by atoms with Crippen LogP contribution in [0.3, 0.4) is 0 Å². The van der Waals surface area contributed by atoms with Gasteiger partial charge in [-0.2, -0.15) is 0 Å². The second kappa shape index (κ2) is 9.46. The number of carbonyl (C=O) groups excluding carboxylic acids is 1. The van der Waals surface area contributed by atoms with E-state index in [-0.39, 0.29) is 48.0 Å². The van der Waals surface area contributed by atoms with Gasteiger partial charge in [0, 0.05) is 23.1 Å². The lowest BCUT2D eigenvalue weighted by Crippen LogP contribution is -2.37. The molecule has 1 aromatic heterocycles. The van der Waals surface area contributed by atoms with Crippen LogP contribution in [0.2, 0.25) is 0 Å². The highest BCUT2D eigenvalue weighted by Crippen LogP contribution is 2.49. The lowest BCUT2D eigenvalue weighted by atomic mass is 10.2. The number of ether oxygens (including phenoxy) is 1. The molecule has 9 nitrogen and oxygen atoms in total. The number of amides is 1. The molecule has 4 rings (SSSR count). The van der Waals surface area contributed by atoms with Crippen LogP contribution in [0.5, 0.6) is 0 Å². The summed E-state index contributed by atoms with van der Waals surface area (Å²) >= 11 is 3.21. The van der Waals surface area contributed by atoms with Gasteiger partial charge in [0.05, 0.1) is 16.1 Å². The summed E-state index contributed by atoms with van der Waals surface area (Å²) in [6, 6.07) is 4.33. The number of benzene rings is 1. The molecule has 1 amide bonds. The molecular weight excluding hydrogens is 567 g/mol. The molecule has 0 saturated heterocycles. The van der Waals surface area contributed by atoms with Crippen LogP contribution in [0.1, 0.15) is 45.6 Å². The van der Waals surface area contributed by atoms with Crippen LogP contribution in [0.15, 0.2) is 40.1 Å². The minimum absolute atomic E-state index is 0.0156. The van der Waals surface area contributed by atoms with Gasteiger partial charge in [-0.25, -0.2) is 17.6 Å². The number of fused-ring (bicyclic) bond motifs is 1. The molecule has 1 saturated carbocycles.